The molecule has 0 aromatic heterocycles. The van der Waals surface area contributed by atoms with Crippen LogP contribution in [0.1, 0.15) is 24.8 Å². The van der Waals surface area contributed by atoms with Gasteiger partial charge in [0.1, 0.15) is 6.61 Å². The van der Waals surface area contributed by atoms with Crippen molar-refractivity contribution >= 4 is 27.5 Å². The minimum absolute atomic E-state index is 0.301. The van der Waals surface area contributed by atoms with Crippen LogP contribution in [-0.4, -0.2) is 37.5 Å². The molecule has 0 saturated carbocycles. The zero-order valence-corrected chi connectivity index (χ0v) is 13.0. The van der Waals surface area contributed by atoms with Gasteiger partial charge in [-0.1, -0.05) is 29.9 Å². The summed E-state index contributed by atoms with van der Waals surface area (Å²) in [6.45, 7) is 0.756. The van der Waals surface area contributed by atoms with Gasteiger partial charge in [-0.3, -0.25) is 4.72 Å². The van der Waals surface area contributed by atoms with E-state index in [1.165, 1.54) is 4.31 Å². The molecule has 0 unspecified atom stereocenters. The first-order valence-corrected chi connectivity index (χ1v) is 8.52. The van der Waals surface area contributed by atoms with Gasteiger partial charge < -0.3 is 5.11 Å². The van der Waals surface area contributed by atoms with E-state index in [-0.39, 0.29) is 6.61 Å². The summed E-state index contributed by atoms with van der Waals surface area (Å²) in [7, 11) is -3.59. The molecule has 1 fully saturated rings. The van der Waals surface area contributed by atoms with Crippen LogP contribution in [0, 0.1) is 11.8 Å². The molecule has 1 aromatic carbocycles. The molecule has 2 rings (SSSR count). The highest BCUT2D eigenvalue weighted by Gasteiger charge is 2.24. The van der Waals surface area contributed by atoms with Gasteiger partial charge in [0.15, 0.2) is 0 Å². The molecule has 0 aliphatic carbocycles. The van der Waals surface area contributed by atoms with Gasteiger partial charge in [-0.25, -0.2) is 0 Å². The van der Waals surface area contributed by atoms with Crippen molar-refractivity contribution in [1.82, 2.24) is 4.31 Å². The number of rotatable bonds is 3. The van der Waals surface area contributed by atoms with E-state index in [4.69, 9.17) is 16.7 Å². The number of halogens is 1. The third-order valence-electron chi connectivity index (χ3n) is 3.18. The SMILES string of the molecule is O=S(=O)(Nc1ccc(Cl)cc1C#CCO)N1CCCCC1. The van der Waals surface area contributed by atoms with Gasteiger partial charge in [0.05, 0.1) is 11.3 Å². The number of hydrogen-bond acceptors (Lipinski definition) is 3. The molecule has 0 radical (unpaired) electrons. The summed E-state index contributed by atoms with van der Waals surface area (Å²) in [5, 5.41) is 9.23. The number of hydrogen-bond donors (Lipinski definition) is 2. The van der Waals surface area contributed by atoms with Crippen LogP contribution in [0.3, 0.4) is 0 Å². The van der Waals surface area contributed by atoms with Crippen molar-refractivity contribution in [3.63, 3.8) is 0 Å². The fourth-order valence-electron chi connectivity index (χ4n) is 2.15. The zero-order chi connectivity index (χ0) is 15.3. The van der Waals surface area contributed by atoms with E-state index in [2.05, 4.69) is 16.6 Å². The molecule has 7 heteroatoms. The largest absolute Gasteiger partial charge is 0.384 e. The monoisotopic (exact) mass is 328 g/mol. The molecule has 5 nitrogen and oxygen atoms in total. The van der Waals surface area contributed by atoms with Crippen molar-refractivity contribution in [3.8, 4) is 11.8 Å². The molecular weight excluding hydrogens is 312 g/mol. The van der Waals surface area contributed by atoms with Crippen molar-refractivity contribution in [1.29, 1.82) is 0 Å². The molecule has 1 aliphatic rings. The lowest BCUT2D eigenvalue weighted by Crippen LogP contribution is -2.39. The van der Waals surface area contributed by atoms with Crippen molar-refractivity contribution in [2.75, 3.05) is 24.4 Å². The Balaban J connectivity index is 2.25. The molecule has 1 heterocycles. The summed E-state index contributed by atoms with van der Waals surface area (Å²) in [4.78, 5) is 0. The Kier molecular flexibility index (Phi) is 5.48. The lowest BCUT2D eigenvalue weighted by Gasteiger charge is -2.26. The highest BCUT2D eigenvalue weighted by Crippen LogP contribution is 2.23. The molecule has 0 spiro atoms. The molecular formula is C14H17ClN2O3S. The number of anilines is 1. The minimum atomic E-state index is -3.59. The van der Waals surface area contributed by atoms with Crippen LogP contribution in [0.15, 0.2) is 18.2 Å². The Morgan fingerprint density at radius 3 is 2.67 bits per heavy atom. The molecule has 2 N–H and O–H groups in total. The predicted octanol–water partition coefficient (Wildman–Crippen LogP) is 1.83. The van der Waals surface area contributed by atoms with Gasteiger partial charge >= 0.3 is 10.2 Å². The van der Waals surface area contributed by atoms with Crippen LogP contribution in [0.25, 0.3) is 0 Å². The maximum absolute atomic E-state index is 12.4. The van der Waals surface area contributed by atoms with Gasteiger partial charge in [-0.15, -0.1) is 0 Å². The normalized spacial score (nSPS) is 16.1. The van der Waals surface area contributed by atoms with Gasteiger partial charge in [0.2, 0.25) is 0 Å². The van der Waals surface area contributed by atoms with E-state index in [9.17, 15) is 8.42 Å². The summed E-state index contributed by atoms with van der Waals surface area (Å²) < 4.78 is 28.7. The fraction of sp³-hybridized carbons (Fsp3) is 0.429. The van der Waals surface area contributed by atoms with Gasteiger partial charge in [-0.2, -0.15) is 12.7 Å². The second-order valence-corrected chi connectivity index (χ2v) is 6.82. The summed E-state index contributed by atoms with van der Waals surface area (Å²) >= 11 is 5.90. The first-order valence-electron chi connectivity index (χ1n) is 6.70. The van der Waals surface area contributed by atoms with Crippen LogP contribution in [0.4, 0.5) is 5.69 Å². The summed E-state index contributed by atoms with van der Waals surface area (Å²) in [6, 6.07) is 4.74. The second-order valence-electron chi connectivity index (χ2n) is 4.72. The highest BCUT2D eigenvalue weighted by atomic mass is 35.5. The maximum atomic E-state index is 12.4. The maximum Gasteiger partial charge on any atom is 0.301 e. The number of aliphatic hydroxyl groups is 1. The quantitative estimate of drug-likeness (QED) is 0.832. The van der Waals surface area contributed by atoms with Crippen molar-refractivity contribution < 1.29 is 13.5 Å². The summed E-state index contributed by atoms with van der Waals surface area (Å²) in [5.41, 5.74) is 0.808. The summed E-state index contributed by atoms with van der Waals surface area (Å²) in [5.74, 6) is 5.20. The number of aliphatic hydroxyl groups excluding tert-OH is 1. The van der Waals surface area contributed by atoms with E-state index >= 15 is 0 Å². The first-order chi connectivity index (χ1) is 10.0. The van der Waals surface area contributed by atoms with E-state index in [0.717, 1.165) is 19.3 Å². The van der Waals surface area contributed by atoms with Crippen LogP contribution >= 0.6 is 11.6 Å². The average Bonchev–Trinajstić information content (AvgIpc) is 2.48. The van der Waals surface area contributed by atoms with E-state index in [0.29, 0.717) is 29.4 Å². The topological polar surface area (TPSA) is 69.6 Å². The molecule has 1 aliphatic heterocycles. The zero-order valence-electron chi connectivity index (χ0n) is 11.5. The van der Waals surface area contributed by atoms with Crippen LogP contribution in [0.2, 0.25) is 5.02 Å². The van der Waals surface area contributed by atoms with Gasteiger partial charge in [0.25, 0.3) is 0 Å². The fourth-order valence-corrected chi connectivity index (χ4v) is 3.65. The lowest BCUT2D eigenvalue weighted by molar-refractivity contribution is 0.349. The summed E-state index contributed by atoms with van der Waals surface area (Å²) in [6.07, 6.45) is 2.80. The first kappa shape index (κ1) is 16.1. The lowest BCUT2D eigenvalue weighted by atomic mass is 10.2. The Bertz CT molecular complexity index is 659. The molecule has 1 aromatic rings. The van der Waals surface area contributed by atoms with Crippen LogP contribution in [-0.2, 0) is 10.2 Å². The molecule has 1 saturated heterocycles. The number of piperidine rings is 1. The van der Waals surface area contributed by atoms with Crippen molar-refractivity contribution in [2.45, 2.75) is 19.3 Å². The van der Waals surface area contributed by atoms with Crippen molar-refractivity contribution in [2.24, 2.45) is 0 Å². The Morgan fingerprint density at radius 1 is 1.29 bits per heavy atom. The van der Waals surface area contributed by atoms with Gasteiger partial charge in [0, 0.05) is 18.1 Å². The average molecular weight is 329 g/mol. The Hall–Kier alpha value is -1.26. The van der Waals surface area contributed by atoms with Crippen LogP contribution < -0.4 is 4.72 Å². The van der Waals surface area contributed by atoms with Crippen LogP contribution in [0.5, 0.6) is 0 Å². The molecule has 0 amide bonds. The Morgan fingerprint density at radius 2 is 2.00 bits per heavy atom. The van der Waals surface area contributed by atoms with E-state index < -0.39 is 10.2 Å². The highest BCUT2D eigenvalue weighted by molar-refractivity contribution is 7.90. The smallest absolute Gasteiger partial charge is 0.301 e. The molecule has 0 bridgehead atoms. The second kappa shape index (κ2) is 7.14. The standard InChI is InChI=1S/C14H17ClN2O3S/c15-13-6-7-14(12(11-13)5-4-10-18)16-21(19,20)17-8-2-1-3-9-17/h6-7,11,16,18H,1-3,8-10H2. The van der Waals surface area contributed by atoms with Crippen molar-refractivity contribution in [3.05, 3.63) is 28.8 Å². The van der Waals surface area contributed by atoms with E-state index in [1.54, 1.807) is 18.2 Å². The van der Waals surface area contributed by atoms with Gasteiger partial charge in [-0.05, 0) is 31.0 Å². The Labute approximate surface area is 130 Å². The number of nitrogens with one attached hydrogen (secondary N) is 1. The third-order valence-corrected chi connectivity index (χ3v) is 4.94. The number of nitrogens with zero attached hydrogens (tertiary/aromatic N) is 1. The number of benzene rings is 1. The molecule has 21 heavy (non-hydrogen) atoms. The van der Waals surface area contributed by atoms with E-state index in [1.807, 2.05) is 0 Å². The predicted molar refractivity (Wildman–Crippen MR) is 83.4 cm³/mol. The minimum Gasteiger partial charge on any atom is -0.384 e. The molecule has 114 valence electrons. The molecule has 0 atom stereocenters. The third kappa shape index (κ3) is 4.35.